The van der Waals surface area contributed by atoms with Crippen LogP contribution in [0, 0.1) is 17.3 Å². The van der Waals surface area contributed by atoms with Crippen LogP contribution in [-0.2, 0) is 16.0 Å². The van der Waals surface area contributed by atoms with Crippen molar-refractivity contribution in [2.24, 2.45) is 17.3 Å². The topological polar surface area (TPSA) is 26.3 Å². The zero-order valence-electron chi connectivity index (χ0n) is 15.4. The van der Waals surface area contributed by atoms with E-state index in [9.17, 15) is 4.79 Å². The molecular weight excluding hydrogens is 344 g/mol. The van der Waals surface area contributed by atoms with Gasteiger partial charge in [-0.25, -0.2) is 4.79 Å². The summed E-state index contributed by atoms with van der Waals surface area (Å²) in [5.41, 5.74) is 5.26. The van der Waals surface area contributed by atoms with Crippen molar-refractivity contribution in [1.82, 2.24) is 0 Å². The zero-order valence-corrected chi connectivity index (χ0v) is 16.1. The van der Waals surface area contributed by atoms with Crippen LogP contribution in [0.3, 0.4) is 0 Å². The van der Waals surface area contributed by atoms with Crippen molar-refractivity contribution in [1.29, 1.82) is 0 Å². The lowest BCUT2D eigenvalue weighted by Crippen LogP contribution is -2.14. The molecule has 1 fully saturated rings. The Labute approximate surface area is 159 Å². The summed E-state index contributed by atoms with van der Waals surface area (Å²) >= 11 is 6.33. The molecule has 0 aliphatic heterocycles. The molecule has 0 radical (unpaired) electrons. The van der Waals surface area contributed by atoms with Crippen LogP contribution in [0.25, 0.3) is 11.1 Å². The van der Waals surface area contributed by atoms with Gasteiger partial charge in [-0.05, 0) is 65.0 Å². The first-order valence-corrected chi connectivity index (χ1v) is 9.58. The predicted octanol–water partition coefficient (Wildman–Crippen LogP) is 5.64. The van der Waals surface area contributed by atoms with Crippen LogP contribution in [-0.4, -0.2) is 12.6 Å². The van der Waals surface area contributed by atoms with Crippen molar-refractivity contribution in [3.05, 3.63) is 70.2 Å². The van der Waals surface area contributed by atoms with Gasteiger partial charge in [0.15, 0.2) is 0 Å². The van der Waals surface area contributed by atoms with Gasteiger partial charge < -0.3 is 4.74 Å². The molecule has 2 aromatic carbocycles. The molecule has 2 nitrogen and oxygen atoms in total. The second-order valence-corrected chi connectivity index (χ2v) is 8.22. The number of hydrogen-bond donors (Lipinski definition) is 0. The Hall–Kier alpha value is -2.06. The quantitative estimate of drug-likeness (QED) is 0.518. The number of carbonyl (C=O) groups is 1. The summed E-state index contributed by atoms with van der Waals surface area (Å²) < 4.78 is 5.46. The van der Waals surface area contributed by atoms with Crippen molar-refractivity contribution >= 4 is 28.7 Å². The van der Waals surface area contributed by atoms with Gasteiger partial charge >= 0.3 is 5.97 Å². The molecule has 2 aliphatic rings. The van der Waals surface area contributed by atoms with Crippen molar-refractivity contribution in [3.63, 3.8) is 0 Å². The summed E-state index contributed by atoms with van der Waals surface area (Å²) in [7, 11) is 0. The van der Waals surface area contributed by atoms with Gasteiger partial charge in [0, 0.05) is 5.02 Å². The Morgan fingerprint density at radius 2 is 1.92 bits per heavy atom. The van der Waals surface area contributed by atoms with E-state index in [1.54, 1.807) is 0 Å². The molecule has 2 aliphatic carbocycles. The van der Waals surface area contributed by atoms with E-state index in [0.717, 1.165) is 23.1 Å². The maximum atomic E-state index is 13.0. The largest absolute Gasteiger partial charge is 0.462 e. The minimum atomic E-state index is -0.247. The lowest BCUT2D eigenvalue weighted by atomic mass is 9.82. The Morgan fingerprint density at radius 1 is 1.19 bits per heavy atom. The Morgan fingerprint density at radius 3 is 2.62 bits per heavy atom. The van der Waals surface area contributed by atoms with Crippen LogP contribution in [0.2, 0.25) is 5.02 Å². The maximum absolute atomic E-state index is 13.0. The fourth-order valence-electron chi connectivity index (χ4n) is 4.56. The number of rotatable bonds is 3. The van der Waals surface area contributed by atoms with Crippen molar-refractivity contribution in [3.8, 4) is 0 Å². The normalized spacial score (nSPS) is 24.3. The molecule has 0 bridgehead atoms. The molecule has 3 heteroatoms. The second kappa shape index (κ2) is 6.28. The number of esters is 1. The summed E-state index contributed by atoms with van der Waals surface area (Å²) in [6, 6.07) is 15.9. The molecule has 26 heavy (non-hydrogen) atoms. The van der Waals surface area contributed by atoms with Crippen LogP contribution in [0.15, 0.2) is 48.5 Å². The highest BCUT2D eigenvalue weighted by atomic mass is 35.5. The number of allylic oxidation sites excluding steroid dienone is 1. The first kappa shape index (κ1) is 17.4. The molecule has 0 saturated heterocycles. The minimum Gasteiger partial charge on any atom is -0.462 e. The Bertz CT molecular complexity index is 896. The van der Waals surface area contributed by atoms with E-state index in [-0.39, 0.29) is 11.4 Å². The third-order valence-corrected chi connectivity index (χ3v) is 6.21. The van der Waals surface area contributed by atoms with Crippen molar-refractivity contribution in [2.75, 3.05) is 6.61 Å². The molecule has 2 aromatic rings. The number of halogens is 1. The highest BCUT2D eigenvalue weighted by Crippen LogP contribution is 2.68. The fraction of sp³-hybridized carbons (Fsp3) is 0.348. The lowest BCUT2D eigenvalue weighted by molar-refractivity contribution is -0.136. The molecule has 0 amide bonds. The standard InChI is InChI=1S/C23H23ClO2/c1-4-26-22(25)19(14-8-6-5-7-9-14)20-17-13-16(24)11-10-15(17)12-18-21(20)23(18,2)3/h5-11,13,18,21H,4,12H2,1-3H3/b20-19-/t18-,21-/m1/s1. The Balaban J connectivity index is 2.01. The van der Waals surface area contributed by atoms with Gasteiger partial charge in [-0.2, -0.15) is 0 Å². The average Bonchev–Trinajstić information content (AvgIpc) is 3.17. The van der Waals surface area contributed by atoms with E-state index in [4.69, 9.17) is 16.3 Å². The maximum Gasteiger partial charge on any atom is 0.339 e. The van der Waals surface area contributed by atoms with E-state index in [2.05, 4.69) is 19.9 Å². The van der Waals surface area contributed by atoms with Gasteiger partial charge in [0.2, 0.25) is 0 Å². The molecule has 0 N–H and O–H groups in total. The van der Waals surface area contributed by atoms with Crippen LogP contribution in [0.1, 0.15) is 37.5 Å². The summed E-state index contributed by atoms with van der Waals surface area (Å²) in [5, 5.41) is 0.703. The summed E-state index contributed by atoms with van der Waals surface area (Å²) in [6.45, 7) is 6.80. The number of benzene rings is 2. The Kier molecular flexibility index (Phi) is 4.19. The van der Waals surface area contributed by atoms with E-state index >= 15 is 0 Å². The highest BCUT2D eigenvalue weighted by molar-refractivity contribution is 6.31. The van der Waals surface area contributed by atoms with Crippen LogP contribution < -0.4 is 0 Å². The third-order valence-electron chi connectivity index (χ3n) is 5.97. The molecule has 1 saturated carbocycles. The van der Waals surface area contributed by atoms with Crippen LogP contribution in [0.4, 0.5) is 0 Å². The first-order chi connectivity index (χ1) is 12.4. The molecule has 0 spiro atoms. The van der Waals surface area contributed by atoms with Gasteiger partial charge in [0.1, 0.15) is 0 Å². The van der Waals surface area contributed by atoms with E-state index in [0.29, 0.717) is 29.0 Å². The predicted molar refractivity (Wildman–Crippen MR) is 106 cm³/mol. The first-order valence-electron chi connectivity index (χ1n) is 9.20. The van der Waals surface area contributed by atoms with Gasteiger partial charge in [-0.3, -0.25) is 0 Å². The van der Waals surface area contributed by atoms with Crippen molar-refractivity contribution < 1.29 is 9.53 Å². The average molecular weight is 367 g/mol. The molecule has 134 valence electrons. The lowest BCUT2D eigenvalue weighted by Gasteiger charge is -2.22. The van der Waals surface area contributed by atoms with Gasteiger partial charge in [-0.15, -0.1) is 0 Å². The van der Waals surface area contributed by atoms with E-state index < -0.39 is 0 Å². The van der Waals surface area contributed by atoms with Gasteiger partial charge in [0.25, 0.3) is 0 Å². The number of fused-ring (bicyclic) bond motifs is 2. The summed E-state index contributed by atoms with van der Waals surface area (Å²) in [6.07, 6.45) is 1.04. The second-order valence-electron chi connectivity index (χ2n) is 7.79. The van der Waals surface area contributed by atoms with Gasteiger partial charge in [0.05, 0.1) is 12.2 Å². The number of ether oxygens (including phenoxy) is 1. The number of carbonyl (C=O) groups excluding carboxylic acids is 1. The monoisotopic (exact) mass is 366 g/mol. The molecular formula is C23H23ClO2. The summed E-state index contributed by atoms with van der Waals surface area (Å²) in [4.78, 5) is 13.0. The molecule has 0 aromatic heterocycles. The molecule has 2 atom stereocenters. The SMILES string of the molecule is CCOC(=O)/C(=C1/c2cc(Cl)ccc2C[C@@H]2[C@H]1C2(C)C)c1ccccc1. The van der Waals surface area contributed by atoms with Crippen LogP contribution in [0.5, 0.6) is 0 Å². The fourth-order valence-corrected chi connectivity index (χ4v) is 4.73. The summed E-state index contributed by atoms with van der Waals surface area (Å²) in [5.74, 6) is 0.662. The number of hydrogen-bond acceptors (Lipinski definition) is 2. The molecule has 4 rings (SSSR count). The molecule has 0 unspecified atom stereocenters. The minimum absolute atomic E-state index is 0.174. The van der Waals surface area contributed by atoms with Crippen molar-refractivity contribution in [2.45, 2.75) is 27.2 Å². The van der Waals surface area contributed by atoms with Gasteiger partial charge in [-0.1, -0.05) is 61.8 Å². The molecule has 0 heterocycles. The zero-order chi connectivity index (χ0) is 18.5. The highest BCUT2D eigenvalue weighted by Gasteiger charge is 2.62. The van der Waals surface area contributed by atoms with E-state index in [1.165, 1.54) is 5.56 Å². The third kappa shape index (κ3) is 2.68. The van der Waals surface area contributed by atoms with Crippen LogP contribution >= 0.6 is 11.6 Å². The van der Waals surface area contributed by atoms with E-state index in [1.807, 2.05) is 49.4 Å². The smallest absolute Gasteiger partial charge is 0.339 e.